The largest absolute Gasteiger partial charge is 0.457 e. The van der Waals surface area contributed by atoms with Gasteiger partial charge in [0.1, 0.15) is 35.0 Å². The first-order valence-corrected chi connectivity index (χ1v) is 12.8. The Kier molecular flexibility index (Phi) is 7.14. The summed E-state index contributed by atoms with van der Waals surface area (Å²) in [6.07, 6.45) is 4.49. The number of likely N-dealkylation sites (tertiary alicyclic amines) is 1. The number of nitrogen functional groups attached to an aromatic ring is 1. The average Bonchev–Trinajstić information content (AvgIpc) is 3.51. The molecule has 3 heterocycles. The standard InChI is InChI=1S/C29H29N7O3/c1-19(2)15-20(16-30)28(37)34-14-6-7-22(34)17-35-27-25(26(31)32-18-33-27)36(29(35)38)21-10-12-24(13-11-21)39-23-8-4-3-5-9-23/h3-5,8-13,15,18-19,22H,6-7,14,17H2,1-2H3,(H2,31,32,33)/t22-/m0/s1. The van der Waals surface area contributed by atoms with Gasteiger partial charge < -0.3 is 15.4 Å². The summed E-state index contributed by atoms with van der Waals surface area (Å²) in [4.78, 5) is 37.2. The molecule has 198 valence electrons. The first-order valence-electron chi connectivity index (χ1n) is 12.8. The zero-order valence-electron chi connectivity index (χ0n) is 21.8. The van der Waals surface area contributed by atoms with Crippen LogP contribution in [0.3, 0.4) is 0 Å². The molecule has 2 N–H and O–H groups in total. The molecule has 1 aliphatic rings. The van der Waals surface area contributed by atoms with Crippen molar-refractivity contribution in [2.24, 2.45) is 5.92 Å². The maximum Gasteiger partial charge on any atom is 0.335 e. The number of hydrogen-bond donors (Lipinski definition) is 1. The van der Waals surface area contributed by atoms with E-state index < -0.39 is 0 Å². The van der Waals surface area contributed by atoms with E-state index in [1.165, 1.54) is 15.5 Å². The van der Waals surface area contributed by atoms with Crippen LogP contribution in [-0.2, 0) is 11.3 Å². The Bertz CT molecular complexity index is 1630. The fraction of sp³-hybridized carbons (Fsp3) is 0.276. The second-order valence-corrected chi connectivity index (χ2v) is 9.80. The molecule has 4 aromatic rings. The van der Waals surface area contributed by atoms with Gasteiger partial charge in [0.15, 0.2) is 11.5 Å². The Balaban J connectivity index is 1.49. The average molecular weight is 524 g/mol. The maximum atomic E-state index is 13.8. The molecule has 2 aromatic carbocycles. The summed E-state index contributed by atoms with van der Waals surface area (Å²) in [6.45, 7) is 4.59. The quantitative estimate of drug-likeness (QED) is 0.285. The van der Waals surface area contributed by atoms with Crippen LogP contribution in [0.2, 0.25) is 0 Å². The molecule has 0 unspecified atom stereocenters. The van der Waals surface area contributed by atoms with Crippen LogP contribution < -0.4 is 16.2 Å². The Morgan fingerprint density at radius 2 is 1.87 bits per heavy atom. The number of rotatable bonds is 7. The summed E-state index contributed by atoms with van der Waals surface area (Å²) in [5, 5.41) is 9.57. The fourth-order valence-electron chi connectivity index (χ4n) is 4.94. The molecule has 10 heteroatoms. The van der Waals surface area contributed by atoms with Gasteiger partial charge in [0, 0.05) is 13.1 Å². The number of hydrogen-bond acceptors (Lipinski definition) is 7. The Morgan fingerprint density at radius 3 is 2.56 bits per heavy atom. The van der Waals surface area contributed by atoms with E-state index in [1.807, 2.05) is 50.2 Å². The molecule has 0 bridgehead atoms. The number of amides is 1. The Morgan fingerprint density at radius 1 is 1.15 bits per heavy atom. The molecule has 1 amide bonds. The van der Waals surface area contributed by atoms with Crippen molar-refractivity contribution in [3.05, 3.63) is 83.1 Å². The van der Waals surface area contributed by atoms with Gasteiger partial charge in [-0.1, -0.05) is 38.1 Å². The number of nitrogens with two attached hydrogens (primary N) is 1. The number of benzene rings is 2. The number of fused-ring (bicyclic) bond motifs is 1. The highest BCUT2D eigenvalue weighted by molar-refractivity contribution is 5.97. The molecular formula is C29H29N7O3. The molecule has 1 aliphatic heterocycles. The van der Waals surface area contributed by atoms with E-state index >= 15 is 0 Å². The molecule has 0 spiro atoms. The van der Waals surface area contributed by atoms with E-state index in [0.29, 0.717) is 41.3 Å². The highest BCUT2D eigenvalue weighted by atomic mass is 16.5. The van der Waals surface area contributed by atoms with Gasteiger partial charge in [-0.25, -0.2) is 14.8 Å². The minimum absolute atomic E-state index is 0.0643. The third kappa shape index (κ3) is 5.11. The Hall–Kier alpha value is -4.91. The number of nitriles is 1. The minimum Gasteiger partial charge on any atom is -0.457 e. The molecule has 0 radical (unpaired) electrons. The lowest BCUT2D eigenvalue weighted by Gasteiger charge is -2.24. The van der Waals surface area contributed by atoms with E-state index in [9.17, 15) is 14.9 Å². The number of carbonyl (C=O) groups excluding carboxylic acids is 1. The normalized spacial score (nSPS) is 15.6. The molecule has 0 saturated carbocycles. The summed E-state index contributed by atoms with van der Waals surface area (Å²) < 4.78 is 8.91. The number of anilines is 1. The third-order valence-corrected chi connectivity index (χ3v) is 6.69. The van der Waals surface area contributed by atoms with Crippen molar-refractivity contribution in [2.75, 3.05) is 12.3 Å². The van der Waals surface area contributed by atoms with Crippen LogP contribution in [0.25, 0.3) is 16.9 Å². The topological polar surface area (TPSA) is 132 Å². The van der Waals surface area contributed by atoms with Crippen LogP contribution in [-0.4, -0.2) is 42.5 Å². The van der Waals surface area contributed by atoms with Gasteiger partial charge in [-0.2, -0.15) is 5.26 Å². The zero-order valence-corrected chi connectivity index (χ0v) is 21.8. The predicted molar refractivity (Wildman–Crippen MR) is 147 cm³/mol. The monoisotopic (exact) mass is 523 g/mol. The van der Waals surface area contributed by atoms with Gasteiger partial charge in [0.05, 0.1) is 11.7 Å². The number of nitrogens with zero attached hydrogens (tertiary/aromatic N) is 6. The van der Waals surface area contributed by atoms with Crippen LogP contribution in [0.15, 0.2) is 77.4 Å². The van der Waals surface area contributed by atoms with Crippen molar-refractivity contribution in [3.8, 4) is 23.3 Å². The second kappa shape index (κ2) is 10.8. The van der Waals surface area contributed by atoms with E-state index in [1.54, 1.807) is 35.2 Å². The molecule has 1 fully saturated rings. The second-order valence-electron chi connectivity index (χ2n) is 9.80. The van der Waals surface area contributed by atoms with Crippen molar-refractivity contribution in [1.82, 2.24) is 24.0 Å². The van der Waals surface area contributed by atoms with Crippen LogP contribution in [0.5, 0.6) is 11.5 Å². The number of ether oxygens (including phenoxy) is 1. The summed E-state index contributed by atoms with van der Waals surface area (Å²) in [5.74, 6) is 1.25. The SMILES string of the molecule is CC(C)C=C(C#N)C(=O)N1CCC[C@H]1Cn1c(=O)n(-c2ccc(Oc3ccccc3)cc2)c2c(N)ncnc21. The van der Waals surface area contributed by atoms with Crippen molar-refractivity contribution >= 4 is 22.9 Å². The summed E-state index contributed by atoms with van der Waals surface area (Å²) >= 11 is 0. The molecule has 5 rings (SSSR count). The molecule has 10 nitrogen and oxygen atoms in total. The number of para-hydroxylation sites is 1. The summed E-state index contributed by atoms with van der Waals surface area (Å²) in [7, 11) is 0. The van der Waals surface area contributed by atoms with Crippen LogP contribution >= 0.6 is 0 Å². The lowest BCUT2D eigenvalue weighted by Crippen LogP contribution is -2.40. The lowest BCUT2D eigenvalue weighted by atomic mass is 10.1. The lowest BCUT2D eigenvalue weighted by molar-refractivity contribution is -0.127. The van der Waals surface area contributed by atoms with Crippen molar-refractivity contribution in [2.45, 2.75) is 39.3 Å². The zero-order chi connectivity index (χ0) is 27.5. The first-order chi connectivity index (χ1) is 18.9. The molecule has 1 atom stereocenters. The van der Waals surface area contributed by atoms with Crippen LogP contribution in [0.1, 0.15) is 26.7 Å². The van der Waals surface area contributed by atoms with Crippen LogP contribution in [0.4, 0.5) is 5.82 Å². The third-order valence-electron chi connectivity index (χ3n) is 6.69. The van der Waals surface area contributed by atoms with Crippen molar-refractivity contribution in [1.29, 1.82) is 5.26 Å². The number of imidazole rings is 1. The molecule has 2 aromatic heterocycles. The molecular weight excluding hydrogens is 494 g/mol. The number of carbonyl (C=O) groups is 1. The van der Waals surface area contributed by atoms with Gasteiger partial charge in [-0.05, 0) is 55.2 Å². The van der Waals surface area contributed by atoms with Gasteiger partial charge in [0.2, 0.25) is 0 Å². The highest BCUT2D eigenvalue weighted by Gasteiger charge is 2.32. The molecule has 1 saturated heterocycles. The van der Waals surface area contributed by atoms with Crippen LogP contribution in [0, 0.1) is 17.2 Å². The van der Waals surface area contributed by atoms with Crippen molar-refractivity contribution < 1.29 is 9.53 Å². The van der Waals surface area contributed by atoms with Gasteiger partial charge >= 0.3 is 5.69 Å². The van der Waals surface area contributed by atoms with Crippen molar-refractivity contribution in [3.63, 3.8) is 0 Å². The smallest absolute Gasteiger partial charge is 0.335 e. The highest BCUT2D eigenvalue weighted by Crippen LogP contribution is 2.27. The molecule has 0 aliphatic carbocycles. The van der Waals surface area contributed by atoms with E-state index in [4.69, 9.17) is 10.5 Å². The van der Waals surface area contributed by atoms with Gasteiger partial charge in [-0.3, -0.25) is 13.9 Å². The van der Waals surface area contributed by atoms with E-state index in [2.05, 4.69) is 9.97 Å². The summed E-state index contributed by atoms with van der Waals surface area (Å²) in [5.41, 5.74) is 7.38. The maximum absolute atomic E-state index is 13.8. The van der Waals surface area contributed by atoms with Gasteiger partial charge in [0.25, 0.3) is 5.91 Å². The number of allylic oxidation sites excluding steroid dienone is 1. The number of aromatic nitrogens is 4. The summed E-state index contributed by atoms with van der Waals surface area (Å²) in [6, 6.07) is 18.3. The minimum atomic E-state index is -0.341. The van der Waals surface area contributed by atoms with Gasteiger partial charge in [-0.15, -0.1) is 0 Å². The first kappa shape index (κ1) is 25.7. The Labute approximate surface area is 225 Å². The van der Waals surface area contributed by atoms with E-state index in [0.717, 1.165) is 6.42 Å². The fourth-order valence-corrected chi connectivity index (χ4v) is 4.94. The van der Waals surface area contributed by atoms with E-state index in [-0.39, 0.29) is 41.5 Å². The molecule has 39 heavy (non-hydrogen) atoms. The predicted octanol–water partition coefficient (Wildman–Crippen LogP) is 4.05.